The molecule has 2 unspecified atom stereocenters. The number of hydrogen-bond donors (Lipinski definition) is 2. The number of rotatable bonds is 11. The van der Waals surface area contributed by atoms with E-state index in [1.165, 1.54) is 24.4 Å². The average molecular weight is 784 g/mol. The molecule has 0 amide bonds. The first kappa shape index (κ1) is 39.5. The highest BCUT2D eigenvalue weighted by atomic mass is 35.5. The molecule has 0 saturated heterocycles. The molecule has 55 heavy (non-hydrogen) atoms. The fourth-order valence-electron chi connectivity index (χ4n) is 9.72. The Morgan fingerprint density at radius 2 is 1.84 bits per heavy atom. The van der Waals surface area contributed by atoms with Crippen molar-refractivity contribution >= 4 is 23.3 Å². The van der Waals surface area contributed by atoms with Crippen LogP contribution in [0.5, 0.6) is 17.2 Å². The summed E-state index contributed by atoms with van der Waals surface area (Å²) in [6.07, 6.45) is 4.59. The van der Waals surface area contributed by atoms with E-state index in [9.17, 15) is 23.1 Å². The quantitative estimate of drug-likeness (QED) is 0.199. The smallest absolute Gasteiger partial charge is 0.403 e. The van der Waals surface area contributed by atoms with Crippen LogP contribution in [0.4, 0.5) is 18.9 Å². The second-order valence-corrected chi connectivity index (χ2v) is 17.2. The summed E-state index contributed by atoms with van der Waals surface area (Å²) in [5.74, 6) is 1.84. The predicted octanol–water partition coefficient (Wildman–Crippen LogP) is 9.47. The molecule has 298 valence electrons. The zero-order valence-electron chi connectivity index (χ0n) is 32.2. The van der Waals surface area contributed by atoms with Crippen molar-refractivity contribution in [2.45, 2.75) is 108 Å². The number of aromatic nitrogens is 1. The number of halogens is 4. The fourth-order valence-corrected chi connectivity index (χ4v) is 9.91. The number of benzene rings is 2. The van der Waals surface area contributed by atoms with E-state index in [0.717, 1.165) is 54.7 Å². The number of alkyl halides is 3. The van der Waals surface area contributed by atoms with E-state index in [1.807, 2.05) is 24.4 Å². The number of aliphatic carboxylic acids is 1. The molecule has 3 aromatic rings. The summed E-state index contributed by atoms with van der Waals surface area (Å²) in [4.78, 5) is 19.0. The molecule has 1 fully saturated rings. The number of carboxylic acid groups (broad SMARTS) is 1. The van der Waals surface area contributed by atoms with Gasteiger partial charge in [0, 0.05) is 40.6 Å². The highest BCUT2D eigenvalue weighted by Gasteiger charge is 2.54. The van der Waals surface area contributed by atoms with E-state index in [1.54, 1.807) is 12.1 Å². The number of fused-ring (bicyclic) bond motifs is 4. The lowest BCUT2D eigenvalue weighted by Crippen LogP contribution is -2.53. The van der Waals surface area contributed by atoms with Crippen molar-refractivity contribution in [2.24, 2.45) is 17.8 Å². The summed E-state index contributed by atoms with van der Waals surface area (Å²) in [6.45, 7) is 6.87. The first-order valence-electron chi connectivity index (χ1n) is 19.7. The molecule has 1 saturated carbocycles. The van der Waals surface area contributed by atoms with Crippen LogP contribution in [0, 0.1) is 17.8 Å². The number of anilines is 1. The SMILES string of the molecule is CC(N(C)CC1COc2cc3c(cc2OC1)C1(CCC(Nc2cccc(Cl)c2)(C(=O)O)CC1)[C@@H](C[C@@H](C)COc1ccnc2c1[C@H](C)CCC2)C3)C(F)(F)F. The third-order valence-corrected chi connectivity index (χ3v) is 13.2. The molecule has 2 N–H and O–H groups in total. The van der Waals surface area contributed by atoms with Crippen LogP contribution in [0.2, 0.25) is 5.02 Å². The van der Waals surface area contributed by atoms with Crippen molar-refractivity contribution in [3.63, 3.8) is 0 Å². The van der Waals surface area contributed by atoms with Crippen LogP contribution in [-0.2, 0) is 23.1 Å². The number of carboxylic acids is 1. The molecule has 5 atom stereocenters. The minimum atomic E-state index is -4.32. The number of carbonyl (C=O) groups is 1. The molecular formula is C43H53ClF3N3O5. The molecule has 12 heteroatoms. The van der Waals surface area contributed by atoms with E-state index in [2.05, 4.69) is 36.3 Å². The first-order valence-corrected chi connectivity index (χ1v) is 20.1. The Bertz CT molecular complexity index is 1870. The summed E-state index contributed by atoms with van der Waals surface area (Å²) in [6, 6.07) is 11.7. The van der Waals surface area contributed by atoms with Crippen molar-refractivity contribution in [2.75, 3.05) is 38.7 Å². The van der Waals surface area contributed by atoms with Gasteiger partial charge in [0.05, 0.1) is 19.8 Å². The molecule has 4 aliphatic rings. The zero-order chi connectivity index (χ0) is 39.1. The largest absolute Gasteiger partial charge is 0.493 e. The molecular weight excluding hydrogens is 731 g/mol. The normalized spacial score (nSPS) is 27.2. The van der Waals surface area contributed by atoms with Crippen LogP contribution < -0.4 is 19.5 Å². The van der Waals surface area contributed by atoms with Crippen LogP contribution in [0.15, 0.2) is 48.7 Å². The van der Waals surface area contributed by atoms with Crippen molar-refractivity contribution in [1.82, 2.24) is 9.88 Å². The maximum absolute atomic E-state index is 13.4. The third kappa shape index (κ3) is 8.11. The molecule has 8 nitrogen and oxygen atoms in total. The average Bonchev–Trinajstić information content (AvgIpc) is 3.27. The van der Waals surface area contributed by atoms with Crippen molar-refractivity contribution < 1.29 is 37.3 Å². The topological polar surface area (TPSA) is 93.2 Å². The Labute approximate surface area is 327 Å². The number of ether oxygens (including phenoxy) is 3. The molecule has 3 aliphatic carbocycles. The van der Waals surface area contributed by atoms with Gasteiger partial charge in [-0.2, -0.15) is 13.2 Å². The van der Waals surface area contributed by atoms with Gasteiger partial charge in [-0.05, 0) is 142 Å². The van der Waals surface area contributed by atoms with Crippen molar-refractivity contribution in [3.05, 3.63) is 76.1 Å². The van der Waals surface area contributed by atoms with E-state index in [4.69, 9.17) is 25.8 Å². The van der Waals surface area contributed by atoms with Crippen LogP contribution >= 0.6 is 11.6 Å². The summed E-state index contributed by atoms with van der Waals surface area (Å²) in [5, 5.41) is 14.6. The van der Waals surface area contributed by atoms with Crippen LogP contribution in [-0.4, -0.2) is 72.1 Å². The molecule has 2 heterocycles. The van der Waals surface area contributed by atoms with Gasteiger partial charge >= 0.3 is 12.1 Å². The monoisotopic (exact) mass is 783 g/mol. The number of nitrogens with zero attached hydrogens (tertiary/aromatic N) is 2. The minimum Gasteiger partial charge on any atom is -0.493 e. The Morgan fingerprint density at radius 3 is 2.53 bits per heavy atom. The number of aryl methyl sites for hydroxylation is 1. The maximum Gasteiger partial charge on any atom is 0.403 e. The van der Waals surface area contributed by atoms with Gasteiger partial charge in [0.15, 0.2) is 11.5 Å². The Hall–Kier alpha value is -3.70. The van der Waals surface area contributed by atoms with E-state index in [-0.39, 0.29) is 42.9 Å². The first-order chi connectivity index (χ1) is 26.2. The van der Waals surface area contributed by atoms with Gasteiger partial charge < -0.3 is 24.6 Å². The number of nitrogens with one attached hydrogen (secondary N) is 1. The van der Waals surface area contributed by atoms with Gasteiger partial charge in [-0.3, -0.25) is 9.88 Å². The van der Waals surface area contributed by atoms with Gasteiger partial charge in [-0.1, -0.05) is 31.5 Å². The summed E-state index contributed by atoms with van der Waals surface area (Å²) < 4.78 is 59.4. The highest BCUT2D eigenvalue weighted by Crippen LogP contribution is 2.58. The van der Waals surface area contributed by atoms with Gasteiger partial charge in [0.1, 0.15) is 17.3 Å². The van der Waals surface area contributed by atoms with Crippen LogP contribution in [0.25, 0.3) is 0 Å². The zero-order valence-corrected chi connectivity index (χ0v) is 32.9. The standard InChI is InChI=1S/C43H53ClF3N3O5/c1-26(23-53-36-11-16-48-35-10-5-7-27(2)39(35)36)17-31-18-30-19-37-38(55-25-29(24-54-37)22-50(4)28(3)43(45,46)47)21-34(30)41(31)12-14-42(15-13-41,40(51)52)49-33-9-6-8-32(44)20-33/h6,8-9,11,16,19-21,26-29,31,49H,5,7,10,12-15,17-18,22-25H2,1-4H3,(H,51,52)/t26-,27-,28?,29?,31+,41?,42?/m1/s1. The van der Waals surface area contributed by atoms with Crippen LogP contribution in [0.1, 0.15) is 94.0 Å². The van der Waals surface area contributed by atoms with E-state index >= 15 is 0 Å². The van der Waals surface area contributed by atoms with Gasteiger partial charge in [0.2, 0.25) is 0 Å². The van der Waals surface area contributed by atoms with Gasteiger partial charge in [0.25, 0.3) is 0 Å². The van der Waals surface area contributed by atoms with E-state index < -0.39 is 23.7 Å². The molecule has 0 radical (unpaired) electrons. The second-order valence-electron chi connectivity index (χ2n) is 16.8. The molecule has 7 rings (SSSR count). The molecule has 1 spiro atoms. The van der Waals surface area contributed by atoms with Crippen molar-refractivity contribution in [1.29, 1.82) is 0 Å². The Morgan fingerprint density at radius 1 is 1.11 bits per heavy atom. The Kier molecular flexibility index (Phi) is 11.3. The minimum absolute atomic E-state index is 0.179. The lowest BCUT2D eigenvalue weighted by atomic mass is 9.59. The maximum atomic E-state index is 13.4. The number of hydrogen-bond acceptors (Lipinski definition) is 7. The predicted molar refractivity (Wildman–Crippen MR) is 207 cm³/mol. The van der Waals surface area contributed by atoms with Gasteiger partial charge in [-0.15, -0.1) is 0 Å². The summed E-state index contributed by atoms with van der Waals surface area (Å²) in [5.41, 5.74) is 3.90. The second kappa shape index (κ2) is 15.7. The number of pyridine rings is 1. The van der Waals surface area contributed by atoms with Gasteiger partial charge in [-0.25, -0.2) is 4.79 Å². The summed E-state index contributed by atoms with van der Waals surface area (Å²) >= 11 is 6.28. The fraction of sp³-hybridized carbons (Fsp3) is 0.581. The highest BCUT2D eigenvalue weighted by molar-refractivity contribution is 6.30. The molecule has 1 aromatic heterocycles. The van der Waals surface area contributed by atoms with E-state index in [0.29, 0.717) is 60.4 Å². The summed E-state index contributed by atoms with van der Waals surface area (Å²) in [7, 11) is 1.48. The Balaban J connectivity index is 1.13. The molecule has 0 bridgehead atoms. The third-order valence-electron chi connectivity index (χ3n) is 13.0. The lowest BCUT2D eigenvalue weighted by Gasteiger charge is -2.47. The van der Waals surface area contributed by atoms with Crippen LogP contribution in [0.3, 0.4) is 0 Å². The molecule has 2 aromatic carbocycles. The van der Waals surface area contributed by atoms with Crippen molar-refractivity contribution in [3.8, 4) is 17.2 Å². The lowest BCUT2D eigenvalue weighted by molar-refractivity contribution is -0.177. The molecule has 1 aliphatic heterocycles.